The van der Waals surface area contributed by atoms with Crippen molar-refractivity contribution in [2.45, 2.75) is 25.8 Å². The Kier molecular flexibility index (Phi) is 4.93. The number of carbonyl (C=O) groups excluding carboxylic acids is 1. The summed E-state index contributed by atoms with van der Waals surface area (Å²) in [6.07, 6.45) is 3.58. The van der Waals surface area contributed by atoms with Crippen molar-refractivity contribution in [3.05, 3.63) is 17.8 Å². The maximum absolute atomic E-state index is 12.4. The van der Waals surface area contributed by atoms with Gasteiger partial charge in [0.05, 0.1) is 12.3 Å². The van der Waals surface area contributed by atoms with Crippen LogP contribution in [0.5, 0.6) is 0 Å². The van der Waals surface area contributed by atoms with Gasteiger partial charge in [0.25, 0.3) is 5.91 Å². The number of aryl methyl sites for hydroxylation is 1. The van der Waals surface area contributed by atoms with Gasteiger partial charge in [-0.15, -0.1) is 0 Å². The number of ether oxygens (including phenoxy) is 1. The molecule has 2 rings (SSSR count). The number of hydrogen-bond donors (Lipinski definition) is 1. The third-order valence-electron chi connectivity index (χ3n) is 3.40. The molecule has 1 aliphatic rings. The molecule has 0 aromatic carbocycles. The molecule has 0 radical (unpaired) electrons. The normalized spacial score (nSPS) is 18.7. The van der Waals surface area contributed by atoms with Gasteiger partial charge in [0.1, 0.15) is 0 Å². The highest BCUT2D eigenvalue weighted by Crippen LogP contribution is 2.12. The molecule has 0 spiro atoms. The molecule has 6 nitrogen and oxygen atoms in total. The number of carbonyl (C=O) groups is 1. The zero-order chi connectivity index (χ0) is 13.7. The number of nitrogens with one attached hydrogen (secondary N) is 1. The van der Waals surface area contributed by atoms with Crippen molar-refractivity contribution >= 4 is 5.91 Å². The van der Waals surface area contributed by atoms with Gasteiger partial charge in [-0.05, 0) is 26.3 Å². The summed E-state index contributed by atoms with van der Waals surface area (Å²) < 4.78 is 10.3. The molecule has 106 valence electrons. The number of rotatable bonds is 6. The molecule has 19 heavy (non-hydrogen) atoms. The Bertz CT molecular complexity index is 413. The van der Waals surface area contributed by atoms with Crippen molar-refractivity contribution in [1.82, 2.24) is 15.2 Å². The highest BCUT2D eigenvalue weighted by Gasteiger charge is 2.25. The fourth-order valence-electron chi connectivity index (χ4n) is 2.31. The summed E-state index contributed by atoms with van der Waals surface area (Å²) in [5.41, 5.74) is 0.631. The van der Waals surface area contributed by atoms with Crippen LogP contribution in [0.15, 0.2) is 10.8 Å². The maximum Gasteiger partial charge on any atom is 0.291 e. The first kappa shape index (κ1) is 14.0. The van der Waals surface area contributed by atoms with E-state index in [4.69, 9.17) is 9.15 Å². The van der Waals surface area contributed by atoms with Crippen LogP contribution in [0.25, 0.3) is 0 Å². The van der Waals surface area contributed by atoms with Crippen LogP contribution < -0.4 is 5.32 Å². The van der Waals surface area contributed by atoms with Crippen LogP contribution in [-0.2, 0) is 4.74 Å². The molecule has 1 atom stereocenters. The summed E-state index contributed by atoms with van der Waals surface area (Å²) in [4.78, 5) is 18.2. The van der Waals surface area contributed by atoms with E-state index >= 15 is 0 Å². The fraction of sp³-hybridized carbons (Fsp3) is 0.692. The molecule has 1 aromatic rings. The van der Waals surface area contributed by atoms with E-state index in [1.807, 2.05) is 0 Å². The van der Waals surface area contributed by atoms with E-state index in [1.54, 1.807) is 18.9 Å². The van der Waals surface area contributed by atoms with Gasteiger partial charge >= 0.3 is 0 Å². The fourth-order valence-corrected chi connectivity index (χ4v) is 2.31. The van der Waals surface area contributed by atoms with Crippen molar-refractivity contribution in [2.24, 2.45) is 0 Å². The summed E-state index contributed by atoms with van der Waals surface area (Å²) >= 11 is 0. The Morgan fingerprint density at radius 2 is 2.53 bits per heavy atom. The molecule has 1 saturated heterocycles. The number of aromatic nitrogens is 1. The minimum Gasteiger partial charge on any atom is -0.438 e. The first-order valence-corrected chi connectivity index (χ1v) is 6.64. The van der Waals surface area contributed by atoms with Crippen LogP contribution >= 0.6 is 0 Å². The van der Waals surface area contributed by atoms with Gasteiger partial charge < -0.3 is 19.4 Å². The van der Waals surface area contributed by atoms with Gasteiger partial charge in [-0.1, -0.05) is 0 Å². The molecule has 1 aliphatic heterocycles. The Labute approximate surface area is 113 Å². The second kappa shape index (κ2) is 6.68. The molecular formula is C13H21N3O3. The zero-order valence-electron chi connectivity index (χ0n) is 11.5. The highest BCUT2D eigenvalue weighted by molar-refractivity contribution is 5.92. The average molecular weight is 267 g/mol. The molecule has 1 aromatic heterocycles. The Balaban J connectivity index is 2.03. The first-order chi connectivity index (χ1) is 9.22. The smallest absolute Gasteiger partial charge is 0.291 e. The molecule has 2 heterocycles. The SMILES string of the molecule is COCCN(CC1CCCN1)C(=O)c1ocnc1C. The first-order valence-electron chi connectivity index (χ1n) is 6.64. The van der Waals surface area contributed by atoms with Gasteiger partial charge in [0.2, 0.25) is 5.76 Å². The number of hydrogen-bond acceptors (Lipinski definition) is 5. The average Bonchev–Trinajstić information content (AvgIpc) is 3.05. The second-order valence-corrected chi connectivity index (χ2v) is 4.80. The number of nitrogens with zero attached hydrogens (tertiary/aromatic N) is 2. The summed E-state index contributed by atoms with van der Waals surface area (Å²) in [5.74, 6) is 0.217. The van der Waals surface area contributed by atoms with Crippen LogP contribution in [0.2, 0.25) is 0 Å². The monoisotopic (exact) mass is 267 g/mol. The lowest BCUT2D eigenvalue weighted by Crippen LogP contribution is -2.42. The summed E-state index contributed by atoms with van der Waals surface area (Å²) in [5, 5.41) is 3.40. The van der Waals surface area contributed by atoms with Crippen LogP contribution in [0.3, 0.4) is 0 Å². The molecule has 0 saturated carbocycles. The van der Waals surface area contributed by atoms with Crippen molar-refractivity contribution in [3.63, 3.8) is 0 Å². The van der Waals surface area contributed by atoms with Gasteiger partial charge in [-0.3, -0.25) is 4.79 Å². The topological polar surface area (TPSA) is 67.6 Å². The van der Waals surface area contributed by atoms with E-state index in [9.17, 15) is 4.79 Å². The van der Waals surface area contributed by atoms with E-state index in [2.05, 4.69) is 10.3 Å². The molecule has 1 unspecified atom stereocenters. The molecule has 0 bridgehead atoms. The van der Waals surface area contributed by atoms with E-state index < -0.39 is 0 Å². The van der Waals surface area contributed by atoms with Gasteiger partial charge in [-0.2, -0.15) is 0 Å². The van der Waals surface area contributed by atoms with Crippen molar-refractivity contribution < 1.29 is 13.9 Å². The standard InChI is InChI=1S/C13H21N3O3/c1-10-12(19-9-15-10)13(17)16(6-7-18-2)8-11-4-3-5-14-11/h9,11,14H,3-8H2,1-2H3. The van der Waals surface area contributed by atoms with E-state index in [0.717, 1.165) is 19.4 Å². The lowest BCUT2D eigenvalue weighted by atomic mass is 10.2. The number of methoxy groups -OCH3 is 1. The van der Waals surface area contributed by atoms with E-state index in [0.29, 0.717) is 37.2 Å². The zero-order valence-corrected chi connectivity index (χ0v) is 11.5. The van der Waals surface area contributed by atoms with Crippen molar-refractivity contribution in [1.29, 1.82) is 0 Å². The summed E-state index contributed by atoms with van der Waals surface area (Å²) in [6, 6.07) is 0.365. The van der Waals surface area contributed by atoms with Gasteiger partial charge in [0, 0.05) is 26.2 Å². The van der Waals surface area contributed by atoms with Crippen LogP contribution in [-0.4, -0.2) is 55.2 Å². The Morgan fingerprint density at radius 1 is 1.68 bits per heavy atom. The maximum atomic E-state index is 12.4. The Morgan fingerprint density at radius 3 is 3.11 bits per heavy atom. The Hall–Kier alpha value is -1.40. The number of amides is 1. The molecule has 0 aliphatic carbocycles. The van der Waals surface area contributed by atoms with Crippen LogP contribution in [0, 0.1) is 6.92 Å². The quantitative estimate of drug-likeness (QED) is 0.826. The minimum absolute atomic E-state index is 0.110. The molecule has 6 heteroatoms. The summed E-state index contributed by atoms with van der Waals surface area (Å²) in [7, 11) is 1.64. The summed E-state index contributed by atoms with van der Waals surface area (Å²) in [6.45, 7) is 4.57. The highest BCUT2D eigenvalue weighted by atomic mass is 16.5. The largest absolute Gasteiger partial charge is 0.438 e. The van der Waals surface area contributed by atoms with Gasteiger partial charge in [0.15, 0.2) is 6.39 Å². The molecule has 1 N–H and O–H groups in total. The van der Waals surface area contributed by atoms with Crippen LogP contribution in [0.1, 0.15) is 29.1 Å². The molecule has 1 amide bonds. The third-order valence-corrected chi connectivity index (χ3v) is 3.40. The van der Waals surface area contributed by atoms with E-state index in [1.165, 1.54) is 6.39 Å². The number of oxazole rings is 1. The van der Waals surface area contributed by atoms with Crippen molar-refractivity contribution in [2.75, 3.05) is 33.4 Å². The molecular weight excluding hydrogens is 246 g/mol. The van der Waals surface area contributed by atoms with Crippen LogP contribution in [0.4, 0.5) is 0 Å². The van der Waals surface area contributed by atoms with Crippen molar-refractivity contribution in [3.8, 4) is 0 Å². The predicted octanol–water partition coefficient (Wildman–Crippen LogP) is 0.824. The predicted molar refractivity (Wildman–Crippen MR) is 70.0 cm³/mol. The van der Waals surface area contributed by atoms with Gasteiger partial charge in [-0.25, -0.2) is 4.98 Å². The second-order valence-electron chi connectivity index (χ2n) is 4.80. The minimum atomic E-state index is -0.110. The lowest BCUT2D eigenvalue weighted by Gasteiger charge is -2.24. The lowest BCUT2D eigenvalue weighted by molar-refractivity contribution is 0.0647. The van der Waals surface area contributed by atoms with E-state index in [-0.39, 0.29) is 5.91 Å². The molecule has 1 fully saturated rings. The third kappa shape index (κ3) is 3.54.